The summed E-state index contributed by atoms with van der Waals surface area (Å²) >= 11 is 0. The molecule has 0 aromatic heterocycles. The highest BCUT2D eigenvalue weighted by atomic mass is 16.3. The molecule has 0 saturated carbocycles. The van der Waals surface area contributed by atoms with E-state index in [-0.39, 0.29) is 6.61 Å². The predicted octanol–water partition coefficient (Wildman–Crippen LogP) is 4.64. The monoisotopic (exact) mass is 258 g/mol. The lowest BCUT2D eigenvalue weighted by atomic mass is 9.94. The highest BCUT2D eigenvalue weighted by Crippen LogP contribution is 2.33. The third-order valence-corrected chi connectivity index (χ3v) is 4.02. The van der Waals surface area contributed by atoms with Crippen LogP contribution in [0.4, 0.5) is 0 Å². The Morgan fingerprint density at radius 2 is 1.25 bits per heavy atom. The summed E-state index contributed by atoms with van der Waals surface area (Å²) in [6, 6.07) is 23.2. The molecule has 0 amide bonds. The fourth-order valence-corrected chi connectivity index (χ4v) is 3.07. The van der Waals surface area contributed by atoms with Gasteiger partial charge >= 0.3 is 0 Å². The molecule has 0 bridgehead atoms. The molecular formula is C19H14O. The van der Waals surface area contributed by atoms with E-state index in [9.17, 15) is 5.11 Å². The molecule has 1 N–H and O–H groups in total. The van der Waals surface area contributed by atoms with Crippen LogP contribution < -0.4 is 0 Å². The fourth-order valence-electron chi connectivity index (χ4n) is 3.07. The van der Waals surface area contributed by atoms with Gasteiger partial charge in [0.1, 0.15) is 0 Å². The molecule has 0 heterocycles. The van der Waals surface area contributed by atoms with Gasteiger partial charge in [-0.3, -0.25) is 0 Å². The van der Waals surface area contributed by atoms with Crippen LogP contribution in [-0.4, -0.2) is 5.11 Å². The maximum absolute atomic E-state index is 9.67. The SMILES string of the molecule is OCc1cc2c3ccccc3ccc2c2ccccc12. The van der Waals surface area contributed by atoms with Crippen molar-refractivity contribution >= 4 is 32.3 Å². The Balaban J connectivity index is 2.30. The Labute approximate surface area is 117 Å². The van der Waals surface area contributed by atoms with E-state index >= 15 is 0 Å². The number of hydrogen-bond donors (Lipinski definition) is 1. The van der Waals surface area contributed by atoms with Crippen LogP contribution in [0.5, 0.6) is 0 Å². The van der Waals surface area contributed by atoms with Gasteiger partial charge in [-0.05, 0) is 43.9 Å². The van der Waals surface area contributed by atoms with Gasteiger partial charge in [0.15, 0.2) is 0 Å². The van der Waals surface area contributed by atoms with Crippen LogP contribution in [0.2, 0.25) is 0 Å². The Bertz CT molecular complexity index is 938. The standard InChI is InChI=1S/C19H14O/c20-12-14-11-19-15-6-2-1-5-13(15)9-10-18(19)17-8-4-3-7-16(14)17/h1-11,20H,12H2. The van der Waals surface area contributed by atoms with E-state index in [0.29, 0.717) is 0 Å². The first-order valence-electron chi connectivity index (χ1n) is 6.81. The molecule has 0 aliphatic heterocycles. The highest BCUT2D eigenvalue weighted by Gasteiger charge is 2.07. The van der Waals surface area contributed by atoms with E-state index in [1.165, 1.54) is 26.9 Å². The van der Waals surface area contributed by atoms with Crippen LogP contribution in [0.1, 0.15) is 5.56 Å². The summed E-state index contributed by atoms with van der Waals surface area (Å²) in [5.74, 6) is 0. The lowest BCUT2D eigenvalue weighted by molar-refractivity contribution is 0.283. The van der Waals surface area contributed by atoms with Crippen LogP contribution in [-0.2, 0) is 6.61 Å². The van der Waals surface area contributed by atoms with Crippen molar-refractivity contribution in [3.05, 3.63) is 72.3 Å². The number of aliphatic hydroxyl groups excluding tert-OH is 1. The van der Waals surface area contributed by atoms with Crippen molar-refractivity contribution in [2.45, 2.75) is 6.61 Å². The van der Waals surface area contributed by atoms with E-state index in [1.807, 2.05) is 6.07 Å². The van der Waals surface area contributed by atoms with Crippen LogP contribution in [0.3, 0.4) is 0 Å². The zero-order valence-electron chi connectivity index (χ0n) is 11.0. The third kappa shape index (κ3) is 1.54. The Morgan fingerprint density at radius 1 is 0.600 bits per heavy atom. The number of fused-ring (bicyclic) bond motifs is 5. The van der Waals surface area contributed by atoms with E-state index in [4.69, 9.17) is 0 Å². The van der Waals surface area contributed by atoms with Gasteiger partial charge in [-0.25, -0.2) is 0 Å². The molecule has 0 atom stereocenters. The van der Waals surface area contributed by atoms with Crippen molar-refractivity contribution < 1.29 is 5.11 Å². The molecule has 4 aromatic carbocycles. The summed E-state index contributed by atoms with van der Waals surface area (Å²) in [6.07, 6.45) is 0. The lowest BCUT2D eigenvalue weighted by Crippen LogP contribution is -1.88. The molecule has 96 valence electrons. The summed E-state index contributed by atoms with van der Waals surface area (Å²) in [4.78, 5) is 0. The second-order valence-electron chi connectivity index (χ2n) is 5.12. The third-order valence-electron chi connectivity index (χ3n) is 4.02. The molecule has 0 aliphatic carbocycles. The number of benzene rings is 4. The molecule has 0 fully saturated rings. The van der Waals surface area contributed by atoms with Gasteiger partial charge in [0, 0.05) is 0 Å². The van der Waals surface area contributed by atoms with Crippen molar-refractivity contribution in [3.8, 4) is 0 Å². The second kappa shape index (κ2) is 4.32. The van der Waals surface area contributed by atoms with Gasteiger partial charge < -0.3 is 5.11 Å². The van der Waals surface area contributed by atoms with Gasteiger partial charge in [0.2, 0.25) is 0 Å². The molecule has 0 aliphatic rings. The average Bonchev–Trinajstić information content (AvgIpc) is 2.53. The molecule has 4 aromatic rings. The largest absolute Gasteiger partial charge is 0.392 e. The topological polar surface area (TPSA) is 20.2 Å². The Morgan fingerprint density at radius 3 is 2.05 bits per heavy atom. The van der Waals surface area contributed by atoms with Crippen LogP contribution in [0.15, 0.2) is 66.7 Å². The molecular weight excluding hydrogens is 244 g/mol. The van der Waals surface area contributed by atoms with Crippen LogP contribution in [0, 0.1) is 0 Å². The summed E-state index contributed by atoms with van der Waals surface area (Å²) < 4.78 is 0. The average molecular weight is 258 g/mol. The number of rotatable bonds is 1. The van der Waals surface area contributed by atoms with Crippen molar-refractivity contribution in [3.63, 3.8) is 0 Å². The zero-order valence-corrected chi connectivity index (χ0v) is 11.0. The number of aliphatic hydroxyl groups is 1. The first-order valence-corrected chi connectivity index (χ1v) is 6.81. The fraction of sp³-hybridized carbons (Fsp3) is 0.0526. The molecule has 1 nitrogen and oxygen atoms in total. The van der Waals surface area contributed by atoms with Gasteiger partial charge in [-0.15, -0.1) is 0 Å². The maximum Gasteiger partial charge on any atom is 0.0688 e. The van der Waals surface area contributed by atoms with Gasteiger partial charge in [-0.1, -0.05) is 60.7 Å². The molecule has 1 heteroatoms. The number of hydrogen-bond acceptors (Lipinski definition) is 1. The van der Waals surface area contributed by atoms with Crippen molar-refractivity contribution in [2.75, 3.05) is 0 Å². The quantitative estimate of drug-likeness (QED) is 0.493. The van der Waals surface area contributed by atoms with Gasteiger partial charge in [-0.2, -0.15) is 0 Å². The van der Waals surface area contributed by atoms with Gasteiger partial charge in [0.05, 0.1) is 6.61 Å². The molecule has 0 spiro atoms. The van der Waals surface area contributed by atoms with E-state index in [2.05, 4.69) is 60.7 Å². The highest BCUT2D eigenvalue weighted by molar-refractivity contribution is 6.18. The minimum Gasteiger partial charge on any atom is -0.392 e. The van der Waals surface area contributed by atoms with Crippen LogP contribution in [0.25, 0.3) is 32.3 Å². The maximum atomic E-state index is 9.67. The smallest absolute Gasteiger partial charge is 0.0688 e. The first-order chi connectivity index (χ1) is 9.88. The summed E-state index contributed by atoms with van der Waals surface area (Å²) in [7, 11) is 0. The molecule has 0 radical (unpaired) electrons. The van der Waals surface area contributed by atoms with Crippen molar-refractivity contribution in [2.24, 2.45) is 0 Å². The van der Waals surface area contributed by atoms with E-state index < -0.39 is 0 Å². The molecule has 0 saturated heterocycles. The summed E-state index contributed by atoms with van der Waals surface area (Å²) in [6.45, 7) is 0.0691. The lowest BCUT2D eigenvalue weighted by Gasteiger charge is -2.11. The molecule has 0 unspecified atom stereocenters. The van der Waals surface area contributed by atoms with Crippen molar-refractivity contribution in [1.82, 2.24) is 0 Å². The van der Waals surface area contributed by atoms with Crippen LogP contribution >= 0.6 is 0 Å². The first kappa shape index (κ1) is 11.4. The normalized spacial score (nSPS) is 11.4. The predicted molar refractivity (Wildman–Crippen MR) is 84.9 cm³/mol. The summed E-state index contributed by atoms with van der Waals surface area (Å²) in [5, 5.41) is 16.9. The summed E-state index contributed by atoms with van der Waals surface area (Å²) in [5.41, 5.74) is 0.990. The minimum absolute atomic E-state index is 0.0691. The Kier molecular flexibility index (Phi) is 2.48. The molecule has 4 rings (SSSR count). The van der Waals surface area contributed by atoms with E-state index in [1.54, 1.807) is 0 Å². The van der Waals surface area contributed by atoms with Gasteiger partial charge in [0.25, 0.3) is 0 Å². The van der Waals surface area contributed by atoms with E-state index in [0.717, 1.165) is 10.9 Å². The minimum atomic E-state index is 0.0691. The van der Waals surface area contributed by atoms with Crippen molar-refractivity contribution in [1.29, 1.82) is 0 Å². The zero-order chi connectivity index (χ0) is 13.5. The second-order valence-corrected chi connectivity index (χ2v) is 5.12. The Hall–Kier alpha value is -2.38. The molecule has 20 heavy (non-hydrogen) atoms.